The molecule has 0 fully saturated rings. The van der Waals surface area contributed by atoms with Gasteiger partial charge in [0.05, 0.1) is 6.54 Å². The van der Waals surface area contributed by atoms with E-state index in [0.29, 0.717) is 12.2 Å². The van der Waals surface area contributed by atoms with E-state index in [2.05, 4.69) is 11.9 Å². The number of hydrogen-bond donors (Lipinski definition) is 1. The molecule has 2 rings (SSSR count). The van der Waals surface area contributed by atoms with Gasteiger partial charge in [-0.05, 0) is 30.2 Å². The van der Waals surface area contributed by atoms with Crippen LogP contribution in [0.2, 0.25) is 0 Å². The second-order valence-electron chi connectivity index (χ2n) is 4.06. The molecule has 0 amide bonds. The van der Waals surface area contributed by atoms with E-state index in [9.17, 15) is 4.39 Å². The largest absolute Gasteiger partial charge is 0.398 e. The third-order valence-corrected chi connectivity index (χ3v) is 2.72. The van der Waals surface area contributed by atoms with Crippen LogP contribution in [0.4, 0.5) is 10.1 Å². The molecule has 0 unspecified atom stereocenters. The molecular formula is C13H16FN3. The average molecular weight is 233 g/mol. The molecule has 2 N–H and O–H groups in total. The number of anilines is 1. The first-order valence-electron chi connectivity index (χ1n) is 5.74. The summed E-state index contributed by atoms with van der Waals surface area (Å²) in [7, 11) is 0. The number of imidazole rings is 1. The zero-order valence-electron chi connectivity index (χ0n) is 9.86. The lowest BCUT2D eigenvalue weighted by molar-refractivity contribution is 0.622. The molecule has 3 nitrogen and oxygen atoms in total. The van der Waals surface area contributed by atoms with Gasteiger partial charge in [0.25, 0.3) is 0 Å². The predicted molar refractivity (Wildman–Crippen MR) is 66.1 cm³/mol. The Bertz CT molecular complexity index is 505. The molecule has 90 valence electrons. The molecule has 4 heteroatoms. The quantitative estimate of drug-likeness (QED) is 0.825. The van der Waals surface area contributed by atoms with Crippen LogP contribution in [-0.4, -0.2) is 9.55 Å². The van der Waals surface area contributed by atoms with Gasteiger partial charge in [-0.2, -0.15) is 0 Å². The predicted octanol–water partition coefficient (Wildman–Crippen LogP) is 2.61. The minimum atomic E-state index is -0.258. The Hall–Kier alpha value is -1.84. The maximum atomic E-state index is 13.1. The number of halogens is 1. The van der Waals surface area contributed by atoms with Gasteiger partial charge in [-0.15, -0.1) is 0 Å². The fourth-order valence-electron chi connectivity index (χ4n) is 1.83. The minimum Gasteiger partial charge on any atom is -0.398 e. The van der Waals surface area contributed by atoms with Crippen LogP contribution in [0, 0.1) is 5.82 Å². The van der Waals surface area contributed by atoms with Gasteiger partial charge in [-0.3, -0.25) is 0 Å². The third-order valence-electron chi connectivity index (χ3n) is 2.72. The average Bonchev–Trinajstić information content (AvgIpc) is 2.72. The van der Waals surface area contributed by atoms with Crippen LogP contribution >= 0.6 is 0 Å². The van der Waals surface area contributed by atoms with Gasteiger partial charge in [0.1, 0.15) is 11.6 Å². The molecule has 0 saturated carbocycles. The monoisotopic (exact) mass is 233 g/mol. The molecule has 0 spiro atoms. The van der Waals surface area contributed by atoms with Gasteiger partial charge in [0.2, 0.25) is 0 Å². The molecule has 1 aromatic carbocycles. The fourth-order valence-corrected chi connectivity index (χ4v) is 1.83. The van der Waals surface area contributed by atoms with Crippen LogP contribution in [0.3, 0.4) is 0 Å². The highest BCUT2D eigenvalue weighted by atomic mass is 19.1. The molecule has 0 aliphatic carbocycles. The molecule has 2 aromatic rings. The van der Waals surface area contributed by atoms with E-state index in [0.717, 1.165) is 24.2 Å². The summed E-state index contributed by atoms with van der Waals surface area (Å²) in [4.78, 5) is 4.28. The van der Waals surface area contributed by atoms with Crippen LogP contribution in [0.5, 0.6) is 0 Å². The Morgan fingerprint density at radius 2 is 2.24 bits per heavy atom. The van der Waals surface area contributed by atoms with Crippen molar-refractivity contribution in [2.45, 2.75) is 26.3 Å². The maximum Gasteiger partial charge on any atom is 0.123 e. The van der Waals surface area contributed by atoms with Crippen LogP contribution in [0.1, 0.15) is 24.7 Å². The number of rotatable bonds is 4. The summed E-state index contributed by atoms with van der Waals surface area (Å²) in [5, 5.41) is 0. The highest BCUT2D eigenvalue weighted by Crippen LogP contribution is 2.16. The highest BCUT2D eigenvalue weighted by molar-refractivity contribution is 5.46. The zero-order valence-corrected chi connectivity index (χ0v) is 9.86. The second-order valence-corrected chi connectivity index (χ2v) is 4.06. The SMILES string of the molecule is CCCc1nccn1Cc1cc(F)ccc1N. The van der Waals surface area contributed by atoms with E-state index in [4.69, 9.17) is 5.73 Å². The summed E-state index contributed by atoms with van der Waals surface area (Å²) in [6, 6.07) is 4.45. The first-order valence-corrected chi connectivity index (χ1v) is 5.74. The molecule has 0 saturated heterocycles. The standard InChI is InChI=1S/C13H16FN3/c1-2-3-13-16-6-7-17(13)9-10-8-11(14)4-5-12(10)15/h4-8H,2-3,9,15H2,1H3. The highest BCUT2D eigenvalue weighted by Gasteiger charge is 2.06. The van der Waals surface area contributed by atoms with Crippen LogP contribution in [-0.2, 0) is 13.0 Å². The van der Waals surface area contributed by atoms with Crippen molar-refractivity contribution < 1.29 is 4.39 Å². The van der Waals surface area contributed by atoms with Crippen molar-refractivity contribution in [3.05, 3.63) is 47.8 Å². The second kappa shape index (κ2) is 4.99. The summed E-state index contributed by atoms with van der Waals surface area (Å²) in [5.41, 5.74) is 7.24. The Morgan fingerprint density at radius 3 is 3.00 bits per heavy atom. The van der Waals surface area contributed by atoms with E-state index >= 15 is 0 Å². The molecule has 0 bridgehead atoms. The molecule has 17 heavy (non-hydrogen) atoms. The number of nitrogens with zero attached hydrogens (tertiary/aromatic N) is 2. The van der Waals surface area contributed by atoms with Crippen LogP contribution in [0.25, 0.3) is 0 Å². The Labute approximate surface area is 100 Å². The number of hydrogen-bond acceptors (Lipinski definition) is 2. The Kier molecular flexibility index (Phi) is 3.42. The van der Waals surface area contributed by atoms with E-state index in [1.54, 1.807) is 12.3 Å². The first kappa shape index (κ1) is 11.6. The summed E-state index contributed by atoms with van der Waals surface area (Å²) < 4.78 is 15.2. The number of aromatic nitrogens is 2. The number of benzene rings is 1. The van der Waals surface area contributed by atoms with Gasteiger partial charge in [0.15, 0.2) is 0 Å². The zero-order chi connectivity index (χ0) is 12.3. The minimum absolute atomic E-state index is 0.258. The Morgan fingerprint density at radius 1 is 1.41 bits per heavy atom. The summed E-state index contributed by atoms with van der Waals surface area (Å²) in [6.07, 6.45) is 5.62. The van der Waals surface area contributed by atoms with Crippen molar-refractivity contribution in [2.24, 2.45) is 0 Å². The number of nitrogens with two attached hydrogens (primary N) is 1. The summed E-state index contributed by atoms with van der Waals surface area (Å²) >= 11 is 0. The Balaban J connectivity index is 2.25. The van der Waals surface area contributed by atoms with Crippen LogP contribution < -0.4 is 5.73 Å². The van der Waals surface area contributed by atoms with Gasteiger partial charge in [0, 0.05) is 24.5 Å². The number of aryl methyl sites for hydroxylation is 1. The normalized spacial score (nSPS) is 10.7. The molecule has 1 aromatic heterocycles. The fraction of sp³-hybridized carbons (Fsp3) is 0.308. The third kappa shape index (κ3) is 2.64. The topological polar surface area (TPSA) is 43.8 Å². The first-order chi connectivity index (χ1) is 8.20. The van der Waals surface area contributed by atoms with E-state index in [-0.39, 0.29) is 5.82 Å². The van der Waals surface area contributed by atoms with Crippen molar-refractivity contribution in [3.8, 4) is 0 Å². The van der Waals surface area contributed by atoms with Crippen LogP contribution in [0.15, 0.2) is 30.6 Å². The molecule has 1 heterocycles. The maximum absolute atomic E-state index is 13.1. The molecular weight excluding hydrogens is 217 g/mol. The lowest BCUT2D eigenvalue weighted by Gasteiger charge is -2.09. The molecule has 0 radical (unpaired) electrons. The van der Waals surface area contributed by atoms with E-state index in [1.165, 1.54) is 12.1 Å². The lowest BCUT2D eigenvalue weighted by Crippen LogP contribution is -2.06. The van der Waals surface area contributed by atoms with Crippen molar-refractivity contribution in [2.75, 3.05) is 5.73 Å². The van der Waals surface area contributed by atoms with Gasteiger partial charge in [-0.1, -0.05) is 6.92 Å². The number of nitrogen functional groups attached to an aromatic ring is 1. The van der Waals surface area contributed by atoms with Gasteiger partial charge in [-0.25, -0.2) is 9.37 Å². The van der Waals surface area contributed by atoms with Crippen molar-refractivity contribution in [1.29, 1.82) is 0 Å². The molecule has 0 aliphatic heterocycles. The molecule has 0 atom stereocenters. The summed E-state index contributed by atoms with van der Waals surface area (Å²) in [6.45, 7) is 2.68. The van der Waals surface area contributed by atoms with Crippen molar-refractivity contribution in [3.63, 3.8) is 0 Å². The van der Waals surface area contributed by atoms with E-state index in [1.807, 2.05) is 10.8 Å². The van der Waals surface area contributed by atoms with Gasteiger partial charge >= 0.3 is 0 Å². The van der Waals surface area contributed by atoms with E-state index < -0.39 is 0 Å². The van der Waals surface area contributed by atoms with Crippen molar-refractivity contribution in [1.82, 2.24) is 9.55 Å². The molecule has 0 aliphatic rings. The van der Waals surface area contributed by atoms with Crippen molar-refractivity contribution >= 4 is 5.69 Å². The lowest BCUT2D eigenvalue weighted by atomic mass is 10.1. The van der Waals surface area contributed by atoms with Gasteiger partial charge < -0.3 is 10.3 Å². The smallest absolute Gasteiger partial charge is 0.123 e. The summed E-state index contributed by atoms with van der Waals surface area (Å²) in [5.74, 6) is 0.752.